The van der Waals surface area contributed by atoms with Crippen LogP contribution in [0, 0.1) is 0 Å². The molecule has 0 saturated carbocycles. The SMILES string of the molecule is CC1(C)CCOc2c(C(=O)NC3CN4C(N)=N[C@@H](CNC(=O)c5ccc(CO)cc5)[C@@H]5[NH+]=C(N)NC54C3(O)O)cccc21. The number of amides is 2. The van der Waals surface area contributed by atoms with E-state index >= 15 is 0 Å². The molecule has 0 radical (unpaired) electrons. The van der Waals surface area contributed by atoms with Crippen molar-refractivity contribution < 1.29 is 34.6 Å². The van der Waals surface area contributed by atoms with Gasteiger partial charge in [-0.3, -0.25) is 25.2 Å². The highest BCUT2D eigenvalue weighted by Crippen LogP contribution is 2.43. The lowest BCUT2D eigenvalue weighted by Gasteiger charge is -2.46. The number of benzene rings is 2. The summed E-state index contributed by atoms with van der Waals surface area (Å²) in [6, 6.07) is 8.99. The number of nitrogens with zero attached hydrogens (tertiary/aromatic N) is 2. The zero-order valence-corrected chi connectivity index (χ0v) is 23.9. The molecule has 2 amide bonds. The predicted octanol–water partition coefficient (Wildman–Crippen LogP) is -3.48. The Morgan fingerprint density at radius 2 is 1.91 bits per heavy atom. The van der Waals surface area contributed by atoms with E-state index < -0.39 is 35.5 Å². The summed E-state index contributed by atoms with van der Waals surface area (Å²) in [6.45, 7) is 4.39. The van der Waals surface area contributed by atoms with Crippen LogP contribution in [-0.2, 0) is 12.0 Å². The van der Waals surface area contributed by atoms with Crippen LogP contribution >= 0.6 is 0 Å². The summed E-state index contributed by atoms with van der Waals surface area (Å²) in [4.78, 5) is 35.5. The molecule has 0 aromatic heterocycles. The molecule has 4 aliphatic heterocycles. The molecule has 11 N–H and O–H groups in total. The number of hydrogen-bond acceptors (Lipinski definition) is 11. The zero-order chi connectivity index (χ0) is 30.7. The molecule has 1 saturated heterocycles. The van der Waals surface area contributed by atoms with Crippen molar-refractivity contribution >= 4 is 23.7 Å². The molecule has 4 heterocycles. The highest BCUT2D eigenvalue weighted by molar-refractivity contribution is 5.98. The number of fused-ring (bicyclic) bond motifs is 1. The Labute approximate surface area is 247 Å². The van der Waals surface area contributed by atoms with Crippen LogP contribution in [0.4, 0.5) is 0 Å². The van der Waals surface area contributed by atoms with Crippen molar-refractivity contribution in [2.24, 2.45) is 16.5 Å². The van der Waals surface area contributed by atoms with Crippen molar-refractivity contribution in [2.45, 2.75) is 61.9 Å². The van der Waals surface area contributed by atoms with Gasteiger partial charge in [0, 0.05) is 17.7 Å². The molecule has 1 fully saturated rings. The van der Waals surface area contributed by atoms with Gasteiger partial charge in [-0.05, 0) is 35.6 Å². The fourth-order valence-corrected chi connectivity index (χ4v) is 6.58. The molecule has 228 valence electrons. The number of guanidine groups is 2. The van der Waals surface area contributed by atoms with E-state index in [2.05, 4.69) is 39.8 Å². The van der Waals surface area contributed by atoms with E-state index in [1.165, 1.54) is 4.90 Å². The summed E-state index contributed by atoms with van der Waals surface area (Å²) in [5.41, 5.74) is 12.8. The minimum absolute atomic E-state index is 0.0140. The van der Waals surface area contributed by atoms with Crippen LogP contribution in [0.2, 0.25) is 0 Å². The Morgan fingerprint density at radius 3 is 2.63 bits per heavy atom. The average Bonchev–Trinajstić information content (AvgIpc) is 3.45. The van der Waals surface area contributed by atoms with E-state index in [9.17, 15) is 24.9 Å². The molecule has 43 heavy (non-hydrogen) atoms. The Balaban J connectivity index is 1.24. The van der Waals surface area contributed by atoms with Gasteiger partial charge in [0.1, 0.15) is 17.8 Å². The van der Waals surface area contributed by atoms with E-state index in [1.54, 1.807) is 36.4 Å². The number of rotatable bonds is 6. The lowest BCUT2D eigenvalue weighted by Crippen LogP contribution is -2.90. The van der Waals surface area contributed by atoms with Crippen molar-refractivity contribution in [1.82, 2.24) is 20.9 Å². The molecule has 0 aliphatic carbocycles. The third-order valence-electron chi connectivity index (χ3n) is 9.02. The number of aliphatic hydroxyl groups is 3. The molecule has 2 aromatic carbocycles. The number of hydrogen-bond donors (Lipinski definition) is 9. The third kappa shape index (κ3) is 4.44. The first kappa shape index (κ1) is 28.7. The molecule has 4 atom stereocenters. The molecular formula is C29H37N8O6+. The highest BCUT2D eigenvalue weighted by Gasteiger charge is 2.76. The summed E-state index contributed by atoms with van der Waals surface area (Å²) in [5.74, 6) is -2.99. The van der Waals surface area contributed by atoms with E-state index in [0.29, 0.717) is 23.5 Å². The van der Waals surface area contributed by atoms with Gasteiger partial charge in [0.2, 0.25) is 5.79 Å². The third-order valence-corrected chi connectivity index (χ3v) is 9.02. The number of aliphatic imine (C=N–C) groups is 1. The van der Waals surface area contributed by atoms with Gasteiger partial charge in [-0.25, -0.2) is 10.3 Å². The normalized spacial score (nSPS) is 27.8. The van der Waals surface area contributed by atoms with Crippen LogP contribution in [0.25, 0.3) is 0 Å². The second-order valence-electron chi connectivity index (χ2n) is 12.1. The number of nitrogens with one attached hydrogen (secondary N) is 4. The number of carbonyl (C=O) groups excluding carboxylic acids is 2. The zero-order valence-electron chi connectivity index (χ0n) is 23.9. The number of nitrogens with two attached hydrogens (primary N) is 2. The van der Waals surface area contributed by atoms with E-state index in [4.69, 9.17) is 16.2 Å². The van der Waals surface area contributed by atoms with Gasteiger partial charge in [-0.1, -0.05) is 38.1 Å². The number of aliphatic hydroxyl groups excluding tert-OH is 1. The summed E-state index contributed by atoms with van der Waals surface area (Å²) in [7, 11) is 0. The van der Waals surface area contributed by atoms with Crippen LogP contribution in [-0.4, -0.2) is 93.2 Å². The van der Waals surface area contributed by atoms with Gasteiger partial charge < -0.3 is 36.4 Å². The topological polar surface area (TPSA) is 222 Å². The Bertz CT molecular complexity index is 1520. The Hall–Kier alpha value is -4.40. The van der Waals surface area contributed by atoms with Crippen molar-refractivity contribution in [3.05, 3.63) is 64.7 Å². The minimum atomic E-state index is -2.60. The smallest absolute Gasteiger partial charge is 0.343 e. The second-order valence-corrected chi connectivity index (χ2v) is 12.1. The average molecular weight is 594 g/mol. The lowest BCUT2D eigenvalue weighted by molar-refractivity contribution is -0.521. The van der Waals surface area contributed by atoms with E-state index in [1.807, 2.05) is 6.07 Å². The van der Waals surface area contributed by atoms with Gasteiger partial charge in [0.05, 0.1) is 25.3 Å². The number of carbonyl (C=O) groups is 2. The maximum atomic E-state index is 13.6. The van der Waals surface area contributed by atoms with Crippen molar-refractivity contribution in [3.8, 4) is 5.75 Å². The molecule has 0 bridgehead atoms. The maximum Gasteiger partial charge on any atom is 0.343 e. The van der Waals surface area contributed by atoms with Gasteiger partial charge in [0.15, 0.2) is 12.0 Å². The molecule has 4 aliphatic rings. The van der Waals surface area contributed by atoms with Crippen LogP contribution in [0.1, 0.15) is 52.1 Å². The largest absolute Gasteiger partial charge is 0.492 e. The monoisotopic (exact) mass is 593 g/mol. The number of para-hydroxylation sites is 1. The summed E-state index contributed by atoms with van der Waals surface area (Å²) >= 11 is 0. The molecule has 14 nitrogen and oxygen atoms in total. The summed E-state index contributed by atoms with van der Waals surface area (Å²) < 4.78 is 5.90. The molecule has 2 aromatic rings. The fraction of sp³-hybridized carbons (Fsp3) is 0.448. The summed E-state index contributed by atoms with van der Waals surface area (Å²) in [6.07, 6.45) is 0.801. The van der Waals surface area contributed by atoms with Crippen molar-refractivity contribution in [2.75, 3.05) is 19.7 Å². The maximum absolute atomic E-state index is 13.6. The quantitative estimate of drug-likeness (QED) is 0.151. The summed E-state index contributed by atoms with van der Waals surface area (Å²) in [5, 5.41) is 41.3. The van der Waals surface area contributed by atoms with Gasteiger partial charge in [-0.15, -0.1) is 0 Å². The van der Waals surface area contributed by atoms with Crippen LogP contribution < -0.4 is 37.1 Å². The molecule has 2 unspecified atom stereocenters. The first-order chi connectivity index (χ1) is 20.4. The fourth-order valence-electron chi connectivity index (χ4n) is 6.58. The lowest BCUT2D eigenvalue weighted by atomic mass is 9.79. The standard InChI is InChI=1S/C29H36N8O6/c1-27(2)10-11-43-21-17(4-3-5-18(21)27)24(40)34-20-13-37-26(31)33-19(22-28(37,29(20,41)42)36-25(30)35-22)12-32-23(39)16-8-6-15(14-38)7-9-16/h3-9,19-20,22,38,41-42H,10-14H2,1-2H3,(H2,31,33)(H,32,39)(H,34,40)(H3,30,35,36)/p+1/t19-,20?,22-,28?/m0/s1. The molecular weight excluding hydrogens is 556 g/mol. The van der Waals surface area contributed by atoms with E-state index in [-0.39, 0.29) is 48.5 Å². The van der Waals surface area contributed by atoms with Gasteiger partial charge >= 0.3 is 5.96 Å². The molecule has 14 heteroatoms. The Morgan fingerprint density at radius 1 is 1.16 bits per heavy atom. The molecule has 1 spiro atoms. The van der Waals surface area contributed by atoms with E-state index in [0.717, 1.165) is 12.0 Å². The first-order valence-electron chi connectivity index (χ1n) is 14.2. The first-order valence-corrected chi connectivity index (χ1v) is 14.2. The van der Waals surface area contributed by atoms with Crippen molar-refractivity contribution in [1.29, 1.82) is 0 Å². The predicted molar refractivity (Wildman–Crippen MR) is 155 cm³/mol. The molecule has 6 rings (SSSR count). The van der Waals surface area contributed by atoms with Crippen LogP contribution in [0.3, 0.4) is 0 Å². The highest BCUT2D eigenvalue weighted by atomic mass is 16.5. The minimum Gasteiger partial charge on any atom is -0.492 e. The number of ether oxygens (including phenoxy) is 1. The van der Waals surface area contributed by atoms with Gasteiger partial charge in [-0.2, -0.15) is 0 Å². The van der Waals surface area contributed by atoms with Crippen LogP contribution in [0.5, 0.6) is 5.75 Å². The van der Waals surface area contributed by atoms with Gasteiger partial charge in [0.25, 0.3) is 17.5 Å². The van der Waals surface area contributed by atoms with Crippen molar-refractivity contribution in [3.63, 3.8) is 0 Å². The Kier molecular flexibility index (Phi) is 6.75. The second kappa shape index (κ2) is 10.1. The van der Waals surface area contributed by atoms with Crippen LogP contribution in [0.15, 0.2) is 47.5 Å².